The van der Waals surface area contributed by atoms with Gasteiger partial charge in [0.2, 0.25) is 0 Å². The number of carbonyl (C=O) groups excluding carboxylic acids is 1. The van der Waals surface area contributed by atoms with E-state index in [-0.39, 0.29) is 5.41 Å². The van der Waals surface area contributed by atoms with Gasteiger partial charge in [-0.2, -0.15) is 5.26 Å². The van der Waals surface area contributed by atoms with Gasteiger partial charge in [0.15, 0.2) is 0 Å². The zero-order valence-corrected chi connectivity index (χ0v) is 17.1. The topological polar surface area (TPSA) is 99.9 Å². The number of hydrogen-bond acceptors (Lipinski definition) is 6. The lowest BCUT2D eigenvalue weighted by Crippen LogP contribution is -2.60. The normalized spacial score (nSPS) is 21.7. The minimum atomic E-state index is -0.730. The first-order chi connectivity index (χ1) is 13.1. The Bertz CT molecular complexity index is 942. The van der Waals surface area contributed by atoms with Crippen LogP contribution >= 0.6 is 0 Å². The first-order valence-electron chi connectivity index (χ1n) is 9.41. The number of aromatic nitrogens is 2. The van der Waals surface area contributed by atoms with Crippen LogP contribution < -0.4 is 10.6 Å². The molecule has 0 radical (unpaired) electrons. The Labute approximate surface area is 165 Å². The fourth-order valence-electron chi connectivity index (χ4n) is 3.93. The van der Waals surface area contributed by atoms with Crippen molar-refractivity contribution < 1.29 is 9.53 Å². The quantitative estimate of drug-likeness (QED) is 0.828. The Morgan fingerprint density at radius 1 is 1.21 bits per heavy atom. The molecule has 0 unspecified atom stereocenters. The summed E-state index contributed by atoms with van der Waals surface area (Å²) in [7, 11) is 0. The third-order valence-corrected chi connectivity index (χ3v) is 4.81. The second-order valence-corrected chi connectivity index (χ2v) is 9.18. The highest BCUT2D eigenvalue weighted by molar-refractivity contribution is 5.85. The van der Waals surface area contributed by atoms with Gasteiger partial charge in [-0.25, -0.2) is 4.79 Å². The van der Waals surface area contributed by atoms with Gasteiger partial charge in [0.25, 0.3) is 0 Å². The summed E-state index contributed by atoms with van der Waals surface area (Å²) in [4.78, 5) is 21.6. The molecule has 7 nitrogen and oxygen atoms in total. The van der Waals surface area contributed by atoms with Gasteiger partial charge in [-0.15, -0.1) is 0 Å². The molecular formula is C21H27N5O2. The molecule has 1 amide bonds. The number of carbonyl (C=O) groups is 1. The molecule has 1 aromatic carbocycles. The molecule has 1 aliphatic heterocycles. The van der Waals surface area contributed by atoms with E-state index in [9.17, 15) is 10.1 Å². The monoisotopic (exact) mass is 381 g/mol. The molecule has 1 fully saturated rings. The number of alkyl carbamates (subject to hydrolysis) is 1. The van der Waals surface area contributed by atoms with Crippen LogP contribution in [0.1, 0.15) is 52.2 Å². The summed E-state index contributed by atoms with van der Waals surface area (Å²) >= 11 is 0. The molecule has 1 aromatic heterocycles. The molecule has 1 atom stereocenters. The Balaban J connectivity index is 2.14. The van der Waals surface area contributed by atoms with Crippen molar-refractivity contribution in [3.63, 3.8) is 0 Å². The number of piperidine rings is 1. The predicted octanol–water partition coefficient (Wildman–Crippen LogP) is 3.24. The number of amides is 1. The lowest BCUT2D eigenvalue weighted by molar-refractivity contribution is 0.0375. The van der Waals surface area contributed by atoms with E-state index in [4.69, 9.17) is 4.74 Å². The Kier molecular flexibility index (Phi) is 5.02. The molecule has 148 valence electrons. The van der Waals surface area contributed by atoms with Gasteiger partial charge in [-0.1, -0.05) is 19.9 Å². The summed E-state index contributed by atoms with van der Waals surface area (Å²) < 4.78 is 5.55. The van der Waals surface area contributed by atoms with Crippen LogP contribution in [-0.4, -0.2) is 34.8 Å². The molecule has 2 N–H and O–H groups in total. The van der Waals surface area contributed by atoms with Crippen LogP contribution in [-0.2, 0) is 10.3 Å². The van der Waals surface area contributed by atoms with Gasteiger partial charge >= 0.3 is 6.09 Å². The second kappa shape index (κ2) is 7.02. The minimum absolute atomic E-state index is 0.0598. The van der Waals surface area contributed by atoms with Crippen molar-refractivity contribution >= 4 is 17.1 Å². The fraction of sp³-hybridized carbons (Fsp3) is 0.524. The number of hydrogen-bond donors (Lipinski definition) is 2. The third-order valence-electron chi connectivity index (χ3n) is 4.81. The van der Waals surface area contributed by atoms with Crippen molar-refractivity contribution in [2.45, 2.75) is 52.2 Å². The average molecular weight is 381 g/mol. The number of nitriles is 1. The largest absolute Gasteiger partial charge is 0.444 e. The van der Waals surface area contributed by atoms with Crippen LogP contribution in [0.4, 0.5) is 4.79 Å². The van der Waals surface area contributed by atoms with Gasteiger partial charge < -0.3 is 15.4 Å². The number of rotatable bonds is 2. The van der Waals surface area contributed by atoms with Crippen molar-refractivity contribution in [3.8, 4) is 6.07 Å². The van der Waals surface area contributed by atoms with Crippen molar-refractivity contribution in [1.82, 2.24) is 20.6 Å². The molecule has 7 heteroatoms. The zero-order valence-electron chi connectivity index (χ0n) is 17.1. The van der Waals surface area contributed by atoms with Crippen LogP contribution in [0, 0.1) is 16.7 Å². The molecule has 1 aliphatic rings. The first-order valence-corrected chi connectivity index (χ1v) is 9.41. The standard InChI is InChI=1S/C21H27N5O2/c1-19(2,3)28-18(27)26-21(11-20(4,5)12-23-13-21)15-7-6-14(10-22)16-17(15)25-9-8-24-16/h6-9,23H,11-13H2,1-5H3,(H,26,27)/t21-/m0/s1. The molecule has 3 rings (SSSR count). The van der Waals surface area contributed by atoms with Crippen LogP contribution in [0.3, 0.4) is 0 Å². The Morgan fingerprint density at radius 3 is 2.50 bits per heavy atom. The molecule has 2 heterocycles. The summed E-state index contributed by atoms with van der Waals surface area (Å²) in [5.41, 5.74) is 1.06. The van der Waals surface area contributed by atoms with Crippen molar-refractivity contribution in [2.75, 3.05) is 13.1 Å². The first kappa shape index (κ1) is 20.0. The van der Waals surface area contributed by atoms with E-state index in [1.165, 1.54) is 0 Å². The number of benzene rings is 1. The molecule has 0 saturated carbocycles. The molecule has 1 saturated heterocycles. The number of nitrogens with zero attached hydrogens (tertiary/aromatic N) is 3. The molecule has 28 heavy (non-hydrogen) atoms. The van der Waals surface area contributed by atoms with Crippen molar-refractivity contribution in [1.29, 1.82) is 5.26 Å². The molecule has 0 bridgehead atoms. The van der Waals surface area contributed by atoms with Crippen molar-refractivity contribution in [3.05, 3.63) is 35.7 Å². The number of ether oxygens (including phenoxy) is 1. The zero-order chi connectivity index (χ0) is 20.6. The molecular weight excluding hydrogens is 354 g/mol. The highest BCUT2D eigenvalue weighted by Gasteiger charge is 2.44. The SMILES string of the molecule is CC1(C)CNC[C@](NC(=O)OC(C)(C)C)(c2ccc(C#N)c3nccnc23)C1. The van der Waals surface area contributed by atoms with E-state index in [1.807, 2.05) is 26.8 Å². The van der Waals surface area contributed by atoms with E-state index >= 15 is 0 Å². The summed E-state index contributed by atoms with van der Waals surface area (Å²) in [6.45, 7) is 11.2. The van der Waals surface area contributed by atoms with Crippen LogP contribution in [0.15, 0.2) is 24.5 Å². The van der Waals surface area contributed by atoms with Crippen LogP contribution in [0.25, 0.3) is 11.0 Å². The van der Waals surface area contributed by atoms with Gasteiger partial charge in [-0.05, 0) is 38.7 Å². The third kappa shape index (κ3) is 4.07. The number of fused-ring (bicyclic) bond motifs is 1. The number of nitrogens with one attached hydrogen (secondary N) is 2. The summed E-state index contributed by atoms with van der Waals surface area (Å²) in [6, 6.07) is 5.78. The predicted molar refractivity (Wildman–Crippen MR) is 107 cm³/mol. The van der Waals surface area contributed by atoms with Gasteiger partial charge in [-0.3, -0.25) is 9.97 Å². The van der Waals surface area contributed by atoms with Gasteiger partial charge in [0, 0.05) is 31.0 Å². The van der Waals surface area contributed by atoms with E-state index in [0.717, 1.165) is 12.1 Å². The van der Waals surface area contributed by atoms with Crippen LogP contribution in [0.5, 0.6) is 0 Å². The van der Waals surface area contributed by atoms with E-state index in [0.29, 0.717) is 29.6 Å². The maximum Gasteiger partial charge on any atom is 0.408 e. The van der Waals surface area contributed by atoms with Crippen molar-refractivity contribution in [2.24, 2.45) is 5.41 Å². The van der Waals surface area contributed by atoms with Gasteiger partial charge in [0.1, 0.15) is 17.2 Å². The summed E-state index contributed by atoms with van der Waals surface area (Å²) in [6.07, 6.45) is 3.40. The van der Waals surface area contributed by atoms with E-state index < -0.39 is 17.2 Å². The minimum Gasteiger partial charge on any atom is -0.444 e. The fourth-order valence-corrected chi connectivity index (χ4v) is 3.93. The smallest absolute Gasteiger partial charge is 0.408 e. The molecule has 0 spiro atoms. The Morgan fingerprint density at radius 2 is 1.89 bits per heavy atom. The highest BCUT2D eigenvalue weighted by Crippen LogP contribution is 2.40. The van der Waals surface area contributed by atoms with E-state index in [1.54, 1.807) is 18.5 Å². The van der Waals surface area contributed by atoms with E-state index in [2.05, 4.69) is 40.5 Å². The summed E-state index contributed by atoms with van der Waals surface area (Å²) in [5.74, 6) is 0. The maximum absolute atomic E-state index is 12.7. The summed E-state index contributed by atoms with van der Waals surface area (Å²) in [5, 5.41) is 16.0. The lowest BCUT2D eigenvalue weighted by atomic mass is 9.71. The Hall–Kier alpha value is -2.72. The highest BCUT2D eigenvalue weighted by atomic mass is 16.6. The average Bonchev–Trinajstić information content (AvgIpc) is 2.58. The lowest BCUT2D eigenvalue weighted by Gasteiger charge is -2.46. The maximum atomic E-state index is 12.7. The van der Waals surface area contributed by atoms with Crippen LogP contribution in [0.2, 0.25) is 0 Å². The second-order valence-electron chi connectivity index (χ2n) is 9.18. The molecule has 2 aromatic rings. The molecule has 0 aliphatic carbocycles. The van der Waals surface area contributed by atoms with Gasteiger partial charge in [0.05, 0.1) is 16.6 Å².